The second-order valence-electron chi connectivity index (χ2n) is 3.52. The van der Waals surface area contributed by atoms with Gasteiger partial charge in [-0.3, -0.25) is 0 Å². The van der Waals surface area contributed by atoms with E-state index < -0.39 is 5.97 Å². The van der Waals surface area contributed by atoms with Gasteiger partial charge in [-0.15, -0.1) is 0 Å². The van der Waals surface area contributed by atoms with E-state index in [1.54, 1.807) is 26.0 Å². The summed E-state index contributed by atoms with van der Waals surface area (Å²) in [4.78, 5) is 10.7. The molecule has 0 saturated heterocycles. The van der Waals surface area contributed by atoms with Gasteiger partial charge in [0.05, 0.1) is 0 Å². The first-order chi connectivity index (χ1) is 6.93. The van der Waals surface area contributed by atoms with Crippen molar-refractivity contribution in [1.82, 2.24) is 0 Å². The highest BCUT2D eigenvalue weighted by Gasteiger charge is 2.08. The Labute approximate surface area is 88.1 Å². The maximum Gasteiger partial charge on any atom is 0.331 e. The molecule has 0 spiro atoms. The molecule has 15 heavy (non-hydrogen) atoms. The summed E-state index contributed by atoms with van der Waals surface area (Å²) >= 11 is 0. The zero-order chi connectivity index (χ0) is 11.6. The van der Waals surface area contributed by atoms with E-state index in [-0.39, 0.29) is 11.4 Å². The summed E-state index contributed by atoms with van der Waals surface area (Å²) in [5, 5.41) is 8.79. The van der Waals surface area contributed by atoms with Crippen LogP contribution in [0.5, 0.6) is 0 Å². The number of allylic oxidation sites excluding steroid dienone is 1. The summed E-state index contributed by atoms with van der Waals surface area (Å²) in [5.41, 5.74) is 1.98. The monoisotopic (exact) mass is 208 g/mol. The first kappa shape index (κ1) is 11.4. The molecule has 0 unspecified atom stereocenters. The van der Waals surface area contributed by atoms with Crippen LogP contribution in [0.1, 0.15) is 25.0 Å². The number of benzene rings is 1. The number of carboxylic acids is 1. The van der Waals surface area contributed by atoms with Crippen molar-refractivity contribution in [3.63, 3.8) is 0 Å². The molecule has 0 aliphatic heterocycles. The van der Waals surface area contributed by atoms with Crippen molar-refractivity contribution in [2.24, 2.45) is 0 Å². The van der Waals surface area contributed by atoms with E-state index in [0.717, 1.165) is 0 Å². The zero-order valence-electron chi connectivity index (χ0n) is 8.97. The first-order valence-corrected chi connectivity index (χ1v) is 4.60. The summed E-state index contributed by atoms with van der Waals surface area (Å²) in [6.07, 6.45) is 0. The van der Waals surface area contributed by atoms with Crippen LogP contribution in [-0.2, 0) is 4.79 Å². The number of aryl methyl sites for hydroxylation is 1. The normalized spacial score (nSPS) is 12.3. The minimum absolute atomic E-state index is 0.234. The Balaban J connectivity index is 3.23. The Hall–Kier alpha value is -1.64. The largest absolute Gasteiger partial charge is 0.478 e. The number of carbonyl (C=O) groups is 1. The molecule has 0 aliphatic carbocycles. The molecule has 0 fully saturated rings. The lowest BCUT2D eigenvalue weighted by molar-refractivity contribution is -0.132. The van der Waals surface area contributed by atoms with E-state index >= 15 is 0 Å². The first-order valence-electron chi connectivity index (χ1n) is 4.60. The van der Waals surface area contributed by atoms with Crippen molar-refractivity contribution in [2.45, 2.75) is 20.8 Å². The van der Waals surface area contributed by atoms with E-state index in [1.807, 2.05) is 0 Å². The lowest BCUT2D eigenvalue weighted by atomic mass is 10.0. The molecule has 0 radical (unpaired) electrons. The van der Waals surface area contributed by atoms with Crippen molar-refractivity contribution >= 4 is 11.5 Å². The van der Waals surface area contributed by atoms with Gasteiger partial charge < -0.3 is 5.11 Å². The molecule has 2 nitrogen and oxygen atoms in total. The third kappa shape index (κ3) is 2.43. The minimum Gasteiger partial charge on any atom is -0.478 e. The van der Waals surface area contributed by atoms with Gasteiger partial charge in [0.25, 0.3) is 0 Å². The van der Waals surface area contributed by atoms with Crippen molar-refractivity contribution < 1.29 is 14.3 Å². The fraction of sp³-hybridized carbons (Fsp3) is 0.250. The molecule has 0 atom stereocenters. The van der Waals surface area contributed by atoms with Crippen LogP contribution in [0.25, 0.3) is 5.57 Å². The highest BCUT2D eigenvalue weighted by Crippen LogP contribution is 2.20. The number of carboxylic acid groups (broad SMARTS) is 1. The van der Waals surface area contributed by atoms with Gasteiger partial charge in [-0.1, -0.05) is 12.1 Å². The van der Waals surface area contributed by atoms with Gasteiger partial charge in [0.1, 0.15) is 5.82 Å². The highest BCUT2D eigenvalue weighted by molar-refractivity contribution is 5.95. The predicted molar refractivity (Wildman–Crippen MR) is 57.0 cm³/mol. The molecule has 3 heteroatoms. The van der Waals surface area contributed by atoms with Gasteiger partial charge in [0.15, 0.2) is 0 Å². The van der Waals surface area contributed by atoms with Crippen LogP contribution in [0.15, 0.2) is 23.8 Å². The molecule has 0 aliphatic rings. The molecular weight excluding hydrogens is 195 g/mol. The van der Waals surface area contributed by atoms with Gasteiger partial charge in [-0.25, -0.2) is 9.18 Å². The van der Waals surface area contributed by atoms with Crippen LogP contribution in [0.3, 0.4) is 0 Å². The summed E-state index contributed by atoms with van der Waals surface area (Å²) in [6.45, 7) is 4.85. The molecule has 0 aromatic heterocycles. The summed E-state index contributed by atoms with van der Waals surface area (Å²) < 4.78 is 13.2. The van der Waals surface area contributed by atoms with E-state index in [2.05, 4.69) is 0 Å². The fourth-order valence-electron chi connectivity index (χ4n) is 1.20. The van der Waals surface area contributed by atoms with Crippen molar-refractivity contribution in [3.05, 3.63) is 40.7 Å². The molecule has 1 aromatic rings. The second-order valence-corrected chi connectivity index (χ2v) is 3.52. The molecule has 0 amide bonds. The minimum atomic E-state index is -0.978. The Kier molecular flexibility index (Phi) is 3.24. The van der Waals surface area contributed by atoms with E-state index in [0.29, 0.717) is 16.7 Å². The average molecular weight is 208 g/mol. The van der Waals surface area contributed by atoms with Gasteiger partial charge >= 0.3 is 5.97 Å². The third-order valence-electron chi connectivity index (χ3n) is 2.49. The van der Waals surface area contributed by atoms with Gasteiger partial charge in [0, 0.05) is 5.57 Å². The SMILES string of the molecule is CC(C(=O)O)=C(C)c1ccc(C)c(F)c1. The molecule has 80 valence electrons. The summed E-state index contributed by atoms with van der Waals surface area (Å²) in [7, 11) is 0. The fourth-order valence-corrected chi connectivity index (χ4v) is 1.20. The molecule has 0 heterocycles. The predicted octanol–water partition coefficient (Wildman–Crippen LogP) is 3.01. The molecule has 1 rings (SSSR count). The number of hydrogen-bond acceptors (Lipinski definition) is 1. The third-order valence-corrected chi connectivity index (χ3v) is 2.49. The van der Waals surface area contributed by atoms with Crippen molar-refractivity contribution in [3.8, 4) is 0 Å². The summed E-state index contributed by atoms with van der Waals surface area (Å²) in [6, 6.07) is 4.72. The lowest BCUT2D eigenvalue weighted by Crippen LogP contribution is -1.99. The quantitative estimate of drug-likeness (QED) is 0.758. The Morgan fingerprint density at radius 3 is 2.40 bits per heavy atom. The van der Waals surface area contributed by atoms with Crippen LogP contribution >= 0.6 is 0 Å². The molecule has 0 bridgehead atoms. The maximum absolute atomic E-state index is 13.2. The standard InChI is InChI=1S/C12H13FO2/c1-7-4-5-10(6-11(7)13)8(2)9(3)12(14)15/h4-6H,1-3H3,(H,14,15). The second kappa shape index (κ2) is 4.26. The number of hydrogen-bond donors (Lipinski definition) is 1. The van der Waals surface area contributed by atoms with Crippen LogP contribution in [0, 0.1) is 12.7 Å². The average Bonchev–Trinajstić information content (AvgIpc) is 2.19. The Morgan fingerprint density at radius 1 is 1.33 bits per heavy atom. The molecular formula is C12H13FO2. The van der Waals surface area contributed by atoms with Crippen molar-refractivity contribution in [1.29, 1.82) is 0 Å². The number of halogens is 1. The van der Waals surface area contributed by atoms with E-state index in [1.165, 1.54) is 13.0 Å². The lowest BCUT2D eigenvalue weighted by Gasteiger charge is -2.05. The van der Waals surface area contributed by atoms with Crippen molar-refractivity contribution in [2.75, 3.05) is 0 Å². The zero-order valence-corrected chi connectivity index (χ0v) is 8.97. The Morgan fingerprint density at radius 2 is 1.93 bits per heavy atom. The molecule has 0 saturated carbocycles. The Bertz CT molecular complexity index is 433. The summed E-state index contributed by atoms with van der Waals surface area (Å²) in [5.74, 6) is -1.29. The topological polar surface area (TPSA) is 37.3 Å². The smallest absolute Gasteiger partial charge is 0.331 e. The molecule has 1 aromatic carbocycles. The van der Waals surface area contributed by atoms with Gasteiger partial charge in [-0.05, 0) is 43.5 Å². The van der Waals surface area contributed by atoms with Gasteiger partial charge in [0.2, 0.25) is 0 Å². The van der Waals surface area contributed by atoms with Gasteiger partial charge in [-0.2, -0.15) is 0 Å². The maximum atomic E-state index is 13.2. The van der Waals surface area contributed by atoms with Crippen LogP contribution in [-0.4, -0.2) is 11.1 Å². The highest BCUT2D eigenvalue weighted by atomic mass is 19.1. The van der Waals surface area contributed by atoms with E-state index in [9.17, 15) is 9.18 Å². The van der Waals surface area contributed by atoms with Crippen LogP contribution in [0.2, 0.25) is 0 Å². The van der Waals surface area contributed by atoms with E-state index in [4.69, 9.17) is 5.11 Å². The number of rotatable bonds is 2. The van der Waals surface area contributed by atoms with Crippen LogP contribution < -0.4 is 0 Å². The number of aliphatic carboxylic acids is 1. The molecule has 1 N–H and O–H groups in total. The van der Waals surface area contributed by atoms with Crippen LogP contribution in [0.4, 0.5) is 4.39 Å².